The fourth-order valence-corrected chi connectivity index (χ4v) is 3.58. The van der Waals surface area contributed by atoms with E-state index in [4.69, 9.17) is 31.2 Å². The molecule has 1 fully saturated rings. The van der Waals surface area contributed by atoms with Gasteiger partial charge < -0.3 is 29.2 Å². The second-order valence-electron chi connectivity index (χ2n) is 7.14. The second kappa shape index (κ2) is 10.3. The van der Waals surface area contributed by atoms with Crippen LogP contribution in [-0.4, -0.2) is 61.6 Å². The van der Waals surface area contributed by atoms with Crippen molar-refractivity contribution < 1.29 is 23.7 Å². The lowest BCUT2D eigenvalue weighted by Gasteiger charge is -2.27. The third kappa shape index (κ3) is 5.41. The van der Waals surface area contributed by atoms with Gasteiger partial charge in [0, 0.05) is 36.4 Å². The van der Waals surface area contributed by atoms with Crippen molar-refractivity contribution in [1.29, 1.82) is 0 Å². The quantitative estimate of drug-likeness (QED) is 0.547. The molecular weight excluding hydrogens is 444 g/mol. The maximum atomic E-state index is 12.2. The number of pyridine rings is 1. The van der Waals surface area contributed by atoms with Gasteiger partial charge in [-0.05, 0) is 48.6 Å². The molecule has 0 unspecified atom stereocenters. The number of urea groups is 1. The summed E-state index contributed by atoms with van der Waals surface area (Å²) in [7, 11) is 3.17. The average Bonchev–Trinajstić information content (AvgIpc) is 2.85. The zero-order valence-corrected chi connectivity index (χ0v) is 19.1. The van der Waals surface area contributed by atoms with Crippen molar-refractivity contribution in [1.82, 2.24) is 15.2 Å². The van der Waals surface area contributed by atoms with Gasteiger partial charge in [0.05, 0.1) is 33.0 Å². The Morgan fingerprint density at radius 3 is 2.42 bits per heavy atom. The number of thiocarbonyl (C=S) groups is 1. The van der Waals surface area contributed by atoms with E-state index in [1.54, 1.807) is 37.4 Å². The van der Waals surface area contributed by atoms with Crippen LogP contribution >= 0.6 is 12.2 Å². The summed E-state index contributed by atoms with van der Waals surface area (Å²) in [5.41, 5.74) is 1.45. The van der Waals surface area contributed by atoms with E-state index in [-0.39, 0.29) is 11.1 Å². The molecule has 4 rings (SSSR count). The number of carbonyl (C=O) groups is 1. The van der Waals surface area contributed by atoms with Crippen LogP contribution in [-0.2, 0) is 4.74 Å². The molecule has 9 nitrogen and oxygen atoms in total. The zero-order valence-electron chi connectivity index (χ0n) is 18.3. The molecule has 3 aromatic rings. The van der Waals surface area contributed by atoms with Gasteiger partial charge in [-0.3, -0.25) is 10.3 Å². The maximum Gasteiger partial charge on any atom is 0.323 e. The lowest BCUT2D eigenvalue weighted by Crippen LogP contribution is -2.48. The van der Waals surface area contributed by atoms with Gasteiger partial charge >= 0.3 is 6.03 Å². The van der Waals surface area contributed by atoms with Gasteiger partial charge in [-0.25, -0.2) is 4.79 Å². The zero-order chi connectivity index (χ0) is 23.2. The van der Waals surface area contributed by atoms with Gasteiger partial charge in [-0.1, -0.05) is 0 Å². The van der Waals surface area contributed by atoms with E-state index in [1.807, 2.05) is 30.3 Å². The minimum absolute atomic E-state index is 0.223. The first-order valence-corrected chi connectivity index (χ1v) is 10.7. The summed E-state index contributed by atoms with van der Waals surface area (Å²) in [6, 6.07) is 12.4. The Kier molecular flexibility index (Phi) is 7.06. The van der Waals surface area contributed by atoms with Crippen molar-refractivity contribution in [3.8, 4) is 23.0 Å². The molecule has 1 aliphatic heterocycles. The van der Waals surface area contributed by atoms with Gasteiger partial charge in [-0.2, -0.15) is 0 Å². The van der Waals surface area contributed by atoms with E-state index in [9.17, 15) is 4.79 Å². The topological polar surface area (TPSA) is 94.2 Å². The number of anilines is 1. The minimum atomic E-state index is -0.243. The molecular formula is C23H24N4O5S. The minimum Gasteiger partial charge on any atom is -0.493 e. The van der Waals surface area contributed by atoms with Gasteiger partial charge in [0.25, 0.3) is 0 Å². The number of rotatable bonds is 5. The summed E-state index contributed by atoms with van der Waals surface area (Å²) in [6.45, 7) is 2.15. The van der Waals surface area contributed by atoms with E-state index in [2.05, 4.69) is 15.6 Å². The molecule has 0 spiro atoms. The molecule has 1 saturated heterocycles. The first-order chi connectivity index (χ1) is 16.1. The molecule has 0 bridgehead atoms. The summed E-state index contributed by atoms with van der Waals surface area (Å²) in [6.07, 6.45) is 1.68. The monoisotopic (exact) mass is 468 g/mol. The number of nitrogens with one attached hydrogen (secondary N) is 2. The van der Waals surface area contributed by atoms with Gasteiger partial charge in [0.1, 0.15) is 11.5 Å². The Balaban J connectivity index is 1.42. The number of morpholine rings is 1. The normalized spacial score (nSPS) is 13.3. The average molecular weight is 469 g/mol. The van der Waals surface area contributed by atoms with Crippen molar-refractivity contribution in [2.45, 2.75) is 0 Å². The molecule has 1 aromatic heterocycles. The lowest BCUT2D eigenvalue weighted by molar-refractivity contribution is 0.0543. The van der Waals surface area contributed by atoms with Crippen molar-refractivity contribution in [2.24, 2.45) is 0 Å². The number of benzene rings is 2. The Morgan fingerprint density at radius 2 is 1.73 bits per heavy atom. The summed E-state index contributed by atoms with van der Waals surface area (Å²) in [5, 5.41) is 6.71. The Bertz CT molecular complexity index is 1150. The molecule has 0 atom stereocenters. The first-order valence-electron chi connectivity index (χ1n) is 10.3. The summed E-state index contributed by atoms with van der Waals surface area (Å²) in [5.74, 6) is 2.46. The molecule has 2 heterocycles. The van der Waals surface area contributed by atoms with E-state index < -0.39 is 0 Å². The van der Waals surface area contributed by atoms with Crippen molar-refractivity contribution in [3.05, 3.63) is 48.7 Å². The number of aromatic nitrogens is 1. The van der Waals surface area contributed by atoms with Crippen LogP contribution in [0.3, 0.4) is 0 Å². The molecule has 10 heteroatoms. The largest absolute Gasteiger partial charge is 0.493 e. The fraction of sp³-hybridized carbons (Fsp3) is 0.261. The van der Waals surface area contributed by atoms with Crippen LogP contribution in [0.1, 0.15) is 0 Å². The van der Waals surface area contributed by atoms with Gasteiger partial charge in [0.2, 0.25) is 0 Å². The molecule has 0 radical (unpaired) electrons. The molecule has 2 aromatic carbocycles. The maximum absolute atomic E-state index is 12.2. The molecule has 33 heavy (non-hydrogen) atoms. The molecule has 1 aliphatic rings. The lowest BCUT2D eigenvalue weighted by atomic mass is 10.2. The number of hydrogen-bond acceptors (Lipinski definition) is 7. The third-order valence-electron chi connectivity index (χ3n) is 5.07. The number of ether oxygens (including phenoxy) is 4. The highest BCUT2D eigenvalue weighted by molar-refractivity contribution is 7.80. The fourth-order valence-electron chi connectivity index (χ4n) is 3.37. The Labute approximate surface area is 196 Å². The van der Waals surface area contributed by atoms with Gasteiger partial charge in [0.15, 0.2) is 16.6 Å². The van der Waals surface area contributed by atoms with Gasteiger partial charge in [-0.15, -0.1) is 0 Å². The van der Waals surface area contributed by atoms with Crippen LogP contribution in [0.15, 0.2) is 48.7 Å². The van der Waals surface area contributed by atoms with Crippen molar-refractivity contribution >= 4 is 40.0 Å². The highest BCUT2D eigenvalue weighted by Gasteiger charge is 2.17. The van der Waals surface area contributed by atoms with E-state index >= 15 is 0 Å². The van der Waals surface area contributed by atoms with E-state index in [0.717, 1.165) is 16.6 Å². The highest BCUT2D eigenvalue weighted by atomic mass is 32.1. The van der Waals surface area contributed by atoms with Crippen LogP contribution in [0, 0.1) is 0 Å². The number of amides is 2. The van der Waals surface area contributed by atoms with E-state index in [0.29, 0.717) is 49.3 Å². The predicted octanol–water partition coefficient (Wildman–Crippen LogP) is 3.78. The second-order valence-corrected chi connectivity index (χ2v) is 7.55. The number of hydrogen-bond donors (Lipinski definition) is 2. The molecule has 0 aliphatic carbocycles. The Morgan fingerprint density at radius 1 is 1.03 bits per heavy atom. The Hall–Kier alpha value is -3.63. The summed E-state index contributed by atoms with van der Waals surface area (Å²) < 4.78 is 22.1. The summed E-state index contributed by atoms with van der Waals surface area (Å²) in [4.78, 5) is 18.3. The molecule has 0 saturated carbocycles. The van der Waals surface area contributed by atoms with Crippen LogP contribution in [0.2, 0.25) is 0 Å². The standard InChI is InChI=1S/C23H24N4O5S/c1-29-20-13-17-18(14-21(20)30-2)24-8-7-19(17)32-16-5-3-15(4-6-16)25-22(33)26-23(28)27-9-11-31-12-10-27/h3-8,13-14H,9-12H2,1-2H3,(H2,25,26,28,33). The van der Waals surface area contributed by atoms with Crippen LogP contribution < -0.4 is 24.8 Å². The number of fused-ring (bicyclic) bond motifs is 1. The molecule has 172 valence electrons. The van der Waals surface area contributed by atoms with Crippen molar-refractivity contribution in [3.63, 3.8) is 0 Å². The van der Waals surface area contributed by atoms with E-state index in [1.165, 1.54) is 0 Å². The SMILES string of the molecule is COc1cc2nccc(Oc3ccc(NC(=S)NC(=O)N4CCOCC4)cc3)c2cc1OC. The number of nitrogens with zero attached hydrogens (tertiary/aromatic N) is 2. The van der Waals surface area contributed by atoms with Crippen LogP contribution in [0.5, 0.6) is 23.0 Å². The molecule has 2 N–H and O–H groups in total. The predicted molar refractivity (Wildman–Crippen MR) is 129 cm³/mol. The van der Waals surface area contributed by atoms with Crippen molar-refractivity contribution in [2.75, 3.05) is 45.8 Å². The molecule has 2 amide bonds. The highest BCUT2D eigenvalue weighted by Crippen LogP contribution is 2.36. The number of methoxy groups -OCH3 is 2. The third-order valence-corrected chi connectivity index (χ3v) is 5.27. The smallest absolute Gasteiger partial charge is 0.323 e. The van der Waals surface area contributed by atoms with Crippen LogP contribution in [0.25, 0.3) is 10.9 Å². The van der Waals surface area contributed by atoms with Crippen LogP contribution in [0.4, 0.5) is 10.5 Å². The number of carbonyl (C=O) groups excluding carboxylic acids is 1. The summed E-state index contributed by atoms with van der Waals surface area (Å²) >= 11 is 5.26. The first kappa shape index (κ1) is 22.6.